The minimum Gasteiger partial charge on any atom is -0.352 e. The molecule has 2 rings (SSSR count). The van der Waals surface area contributed by atoms with Gasteiger partial charge in [0.05, 0.1) is 12.1 Å². The number of fused-ring (bicyclic) bond motifs is 1. The fourth-order valence-corrected chi connectivity index (χ4v) is 4.13. The molecule has 1 unspecified atom stereocenters. The number of nitrogens with zero attached hydrogens (tertiary/aromatic N) is 1. The molecule has 0 aromatic carbocycles. The number of likely N-dealkylation sites (N-methyl/N-ethyl adjacent to an activating group) is 1. The molecular weight excluding hydrogens is 296 g/mol. The molecule has 1 aliphatic rings. The van der Waals surface area contributed by atoms with E-state index in [2.05, 4.69) is 12.2 Å². The Bertz CT molecular complexity index is 551. The molecule has 122 valence electrons. The number of thiophene rings is 1. The minimum absolute atomic E-state index is 0.00606. The summed E-state index contributed by atoms with van der Waals surface area (Å²) >= 11 is 1.69. The molecule has 1 aromatic heterocycles. The van der Waals surface area contributed by atoms with Crippen molar-refractivity contribution < 1.29 is 9.59 Å². The van der Waals surface area contributed by atoms with Crippen LogP contribution in [0.2, 0.25) is 0 Å². The number of carbonyl (C=O) groups is 2. The number of rotatable bonds is 5. The first-order valence-electron chi connectivity index (χ1n) is 8.10. The van der Waals surface area contributed by atoms with Crippen LogP contribution < -0.4 is 5.32 Å². The highest BCUT2D eigenvalue weighted by atomic mass is 32.1. The fraction of sp³-hybridized carbons (Fsp3) is 0.647. The predicted octanol–water partition coefficient (Wildman–Crippen LogP) is 2.86. The second-order valence-corrected chi connectivity index (χ2v) is 7.40. The second-order valence-electron chi connectivity index (χ2n) is 6.44. The zero-order chi connectivity index (χ0) is 16.3. The average Bonchev–Trinajstić information content (AvgIpc) is 2.86. The Morgan fingerprint density at radius 1 is 1.45 bits per heavy atom. The van der Waals surface area contributed by atoms with Crippen LogP contribution in [0.5, 0.6) is 0 Å². The number of hydrogen-bond donors (Lipinski definition) is 1. The molecule has 4 nitrogen and oxygen atoms in total. The third-order valence-electron chi connectivity index (χ3n) is 4.09. The Morgan fingerprint density at radius 2 is 2.18 bits per heavy atom. The van der Waals surface area contributed by atoms with Crippen LogP contribution in [0.3, 0.4) is 0 Å². The first-order valence-corrected chi connectivity index (χ1v) is 8.98. The molecule has 5 heteroatoms. The summed E-state index contributed by atoms with van der Waals surface area (Å²) in [5.41, 5.74) is 2.03. The van der Waals surface area contributed by atoms with E-state index in [9.17, 15) is 9.59 Å². The van der Waals surface area contributed by atoms with Gasteiger partial charge in [0.25, 0.3) is 5.91 Å². The molecule has 1 aromatic rings. The third kappa shape index (κ3) is 3.88. The molecule has 1 aliphatic carbocycles. The molecule has 0 spiro atoms. The van der Waals surface area contributed by atoms with Gasteiger partial charge in [0.2, 0.25) is 5.91 Å². The van der Waals surface area contributed by atoms with Gasteiger partial charge in [0.15, 0.2) is 0 Å². The first-order chi connectivity index (χ1) is 10.4. The summed E-state index contributed by atoms with van der Waals surface area (Å²) in [6, 6.07) is 0.0942. The molecular formula is C17H26N2O2S. The van der Waals surface area contributed by atoms with Gasteiger partial charge in [0.1, 0.15) is 0 Å². The van der Waals surface area contributed by atoms with Gasteiger partial charge in [-0.2, -0.15) is 0 Å². The van der Waals surface area contributed by atoms with Crippen LogP contribution in [0.15, 0.2) is 5.38 Å². The van der Waals surface area contributed by atoms with E-state index in [-0.39, 0.29) is 24.4 Å². The highest BCUT2D eigenvalue weighted by molar-refractivity contribution is 7.10. The van der Waals surface area contributed by atoms with E-state index < -0.39 is 0 Å². The lowest BCUT2D eigenvalue weighted by molar-refractivity contribution is -0.122. The minimum atomic E-state index is -0.0945. The summed E-state index contributed by atoms with van der Waals surface area (Å²) < 4.78 is 0. The normalized spacial score (nSPS) is 17.2. The molecule has 0 aliphatic heterocycles. The number of carbonyl (C=O) groups excluding carboxylic acids is 2. The molecule has 2 amide bonds. The Balaban J connectivity index is 2.11. The molecule has 0 radical (unpaired) electrons. The summed E-state index contributed by atoms with van der Waals surface area (Å²) in [6.07, 6.45) is 3.20. The average molecular weight is 322 g/mol. The maximum Gasteiger partial charge on any atom is 0.255 e. The first kappa shape index (κ1) is 17.0. The zero-order valence-corrected chi connectivity index (χ0v) is 14.8. The summed E-state index contributed by atoms with van der Waals surface area (Å²) in [5, 5.41) is 4.83. The molecule has 0 bridgehead atoms. The largest absolute Gasteiger partial charge is 0.352 e. The highest BCUT2D eigenvalue weighted by Crippen LogP contribution is 2.33. The Labute approximate surface area is 136 Å². The van der Waals surface area contributed by atoms with Gasteiger partial charge in [-0.05, 0) is 51.5 Å². The summed E-state index contributed by atoms with van der Waals surface area (Å²) in [4.78, 5) is 27.7. The molecule has 1 atom stereocenters. The van der Waals surface area contributed by atoms with Gasteiger partial charge in [-0.1, -0.05) is 6.92 Å². The van der Waals surface area contributed by atoms with E-state index in [1.165, 1.54) is 10.4 Å². The molecule has 0 fully saturated rings. The van der Waals surface area contributed by atoms with Crippen LogP contribution in [0.25, 0.3) is 0 Å². The predicted molar refractivity (Wildman–Crippen MR) is 90.4 cm³/mol. The van der Waals surface area contributed by atoms with Crippen molar-refractivity contribution in [2.45, 2.75) is 53.0 Å². The van der Waals surface area contributed by atoms with Crippen molar-refractivity contribution in [3.8, 4) is 0 Å². The number of amides is 2. The number of nitrogens with one attached hydrogen (secondary N) is 1. The zero-order valence-electron chi connectivity index (χ0n) is 13.9. The maximum absolute atomic E-state index is 12.8. The Morgan fingerprint density at radius 3 is 2.82 bits per heavy atom. The third-order valence-corrected chi connectivity index (χ3v) is 5.14. The molecule has 0 saturated carbocycles. The Hall–Kier alpha value is -1.36. The van der Waals surface area contributed by atoms with Gasteiger partial charge >= 0.3 is 0 Å². The van der Waals surface area contributed by atoms with Crippen LogP contribution in [0, 0.1) is 5.92 Å². The fourth-order valence-electron chi connectivity index (χ4n) is 2.90. The molecule has 1 N–H and O–H groups in total. The van der Waals surface area contributed by atoms with Crippen LogP contribution in [-0.4, -0.2) is 35.8 Å². The maximum atomic E-state index is 12.8. The van der Waals surface area contributed by atoms with Crippen LogP contribution >= 0.6 is 11.3 Å². The van der Waals surface area contributed by atoms with Gasteiger partial charge in [-0.3, -0.25) is 9.59 Å². The van der Waals surface area contributed by atoms with E-state index in [4.69, 9.17) is 0 Å². The van der Waals surface area contributed by atoms with Crippen molar-refractivity contribution in [3.63, 3.8) is 0 Å². The van der Waals surface area contributed by atoms with E-state index in [0.29, 0.717) is 12.5 Å². The molecule has 22 heavy (non-hydrogen) atoms. The lowest BCUT2D eigenvalue weighted by Crippen LogP contribution is -2.42. The highest BCUT2D eigenvalue weighted by Gasteiger charge is 2.26. The topological polar surface area (TPSA) is 49.4 Å². The van der Waals surface area contributed by atoms with Crippen molar-refractivity contribution in [2.24, 2.45) is 5.92 Å². The second kappa shape index (κ2) is 7.27. The van der Waals surface area contributed by atoms with Crippen LogP contribution in [0.4, 0.5) is 0 Å². The van der Waals surface area contributed by atoms with Crippen LogP contribution in [0.1, 0.15) is 54.9 Å². The SMILES string of the molecule is CCN(CC(=O)NC(C)C)C(=O)c1csc2c1CCC(C)C2. The van der Waals surface area contributed by atoms with Crippen LogP contribution in [-0.2, 0) is 17.6 Å². The van der Waals surface area contributed by atoms with Crippen molar-refractivity contribution in [3.05, 3.63) is 21.4 Å². The Kier molecular flexibility index (Phi) is 5.62. The lowest BCUT2D eigenvalue weighted by Gasteiger charge is -2.23. The lowest BCUT2D eigenvalue weighted by atomic mass is 9.88. The molecule has 1 heterocycles. The van der Waals surface area contributed by atoms with Crippen molar-refractivity contribution in [1.82, 2.24) is 10.2 Å². The van der Waals surface area contributed by atoms with E-state index in [1.807, 2.05) is 26.2 Å². The summed E-state index contributed by atoms with van der Waals surface area (Å²) in [5.74, 6) is 0.601. The van der Waals surface area contributed by atoms with Gasteiger partial charge < -0.3 is 10.2 Å². The van der Waals surface area contributed by atoms with Crippen molar-refractivity contribution in [1.29, 1.82) is 0 Å². The monoisotopic (exact) mass is 322 g/mol. The summed E-state index contributed by atoms with van der Waals surface area (Å²) in [7, 11) is 0. The summed E-state index contributed by atoms with van der Waals surface area (Å²) in [6.45, 7) is 8.71. The smallest absolute Gasteiger partial charge is 0.255 e. The van der Waals surface area contributed by atoms with Crippen molar-refractivity contribution in [2.75, 3.05) is 13.1 Å². The van der Waals surface area contributed by atoms with E-state index in [0.717, 1.165) is 24.8 Å². The van der Waals surface area contributed by atoms with E-state index >= 15 is 0 Å². The molecule has 0 saturated heterocycles. The van der Waals surface area contributed by atoms with Crippen molar-refractivity contribution >= 4 is 23.2 Å². The quantitative estimate of drug-likeness (QED) is 0.906. The van der Waals surface area contributed by atoms with Gasteiger partial charge in [0, 0.05) is 22.8 Å². The van der Waals surface area contributed by atoms with E-state index in [1.54, 1.807) is 16.2 Å². The standard InChI is InChI=1S/C17H26N2O2S/c1-5-19(9-16(20)18-11(2)3)17(21)14-10-22-15-8-12(4)6-7-13(14)15/h10-12H,5-9H2,1-4H3,(H,18,20). The number of hydrogen-bond acceptors (Lipinski definition) is 3. The van der Waals surface area contributed by atoms with Gasteiger partial charge in [-0.15, -0.1) is 11.3 Å². The van der Waals surface area contributed by atoms with Gasteiger partial charge in [-0.25, -0.2) is 0 Å².